The van der Waals surface area contributed by atoms with Gasteiger partial charge in [0.2, 0.25) is 5.88 Å². The SMILES string of the molecule is CCC(C)(O)CNc1ccc(N)c(OC)n1. The predicted molar refractivity (Wildman–Crippen MR) is 64.6 cm³/mol. The number of hydrogen-bond donors (Lipinski definition) is 3. The molecule has 0 fully saturated rings. The zero-order chi connectivity index (χ0) is 12.2. The Balaban J connectivity index is 2.68. The van der Waals surface area contributed by atoms with Gasteiger partial charge < -0.3 is 20.9 Å². The van der Waals surface area contributed by atoms with Crippen molar-refractivity contribution < 1.29 is 9.84 Å². The van der Waals surface area contributed by atoms with Crippen molar-refractivity contribution in [1.29, 1.82) is 0 Å². The average molecular weight is 225 g/mol. The molecule has 1 atom stereocenters. The van der Waals surface area contributed by atoms with Crippen molar-refractivity contribution in [3.63, 3.8) is 0 Å². The summed E-state index contributed by atoms with van der Waals surface area (Å²) in [6.07, 6.45) is 0.673. The summed E-state index contributed by atoms with van der Waals surface area (Å²) in [4.78, 5) is 4.16. The van der Waals surface area contributed by atoms with Gasteiger partial charge in [0, 0.05) is 6.54 Å². The van der Waals surface area contributed by atoms with Crippen LogP contribution in [-0.4, -0.2) is 29.3 Å². The third-order valence-electron chi connectivity index (χ3n) is 2.50. The van der Waals surface area contributed by atoms with Crippen LogP contribution >= 0.6 is 0 Å². The van der Waals surface area contributed by atoms with Crippen molar-refractivity contribution in [1.82, 2.24) is 4.98 Å². The number of aromatic nitrogens is 1. The number of methoxy groups -OCH3 is 1. The van der Waals surface area contributed by atoms with Gasteiger partial charge in [-0.05, 0) is 25.5 Å². The number of pyridine rings is 1. The highest BCUT2D eigenvalue weighted by Gasteiger charge is 2.17. The zero-order valence-electron chi connectivity index (χ0n) is 9.95. The maximum absolute atomic E-state index is 9.82. The van der Waals surface area contributed by atoms with Crippen LogP contribution in [0.5, 0.6) is 5.88 Å². The van der Waals surface area contributed by atoms with Gasteiger partial charge in [0.05, 0.1) is 18.4 Å². The molecule has 1 rings (SSSR count). The Bertz CT molecular complexity index is 353. The van der Waals surface area contributed by atoms with E-state index in [1.165, 1.54) is 7.11 Å². The molecule has 0 amide bonds. The minimum Gasteiger partial charge on any atom is -0.479 e. The lowest BCUT2D eigenvalue weighted by Gasteiger charge is -2.22. The van der Waals surface area contributed by atoms with Crippen molar-refractivity contribution in [2.45, 2.75) is 25.9 Å². The van der Waals surface area contributed by atoms with Gasteiger partial charge >= 0.3 is 0 Å². The molecule has 1 aromatic heterocycles. The molecule has 90 valence electrons. The van der Waals surface area contributed by atoms with E-state index in [4.69, 9.17) is 10.5 Å². The fourth-order valence-electron chi connectivity index (χ4n) is 1.12. The van der Waals surface area contributed by atoms with Crippen LogP contribution < -0.4 is 15.8 Å². The number of nitrogens with zero attached hydrogens (tertiary/aromatic N) is 1. The molecule has 4 N–H and O–H groups in total. The molecular formula is C11H19N3O2. The van der Waals surface area contributed by atoms with E-state index in [9.17, 15) is 5.11 Å². The van der Waals surface area contributed by atoms with Crippen molar-refractivity contribution in [3.05, 3.63) is 12.1 Å². The zero-order valence-corrected chi connectivity index (χ0v) is 9.95. The molecule has 5 heteroatoms. The summed E-state index contributed by atoms with van der Waals surface area (Å²) < 4.78 is 5.01. The van der Waals surface area contributed by atoms with Gasteiger partial charge in [0.1, 0.15) is 5.82 Å². The predicted octanol–water partition coefficient (Wildman–Crippen LogP) is 1.25. The Morgan fingerprint density at radius 1 is 1.56 bits per heavy atom. The number of hydrogen-bond acceptors (Lipinski definition) is 5. The van der Waals surface area contributed by atoms with E-state index >= 15 is 0 Å². The molecule has 0 aliphatic carbocycles. The summed E-state index contributed by atoms with van der Waals surface area (Å²) in [5.74, 6) is 1.03. The first kappa shape index (κ1) is 12.6. The lowest BCUT2D eigenvalue weighted by atomic mass is 10.0. The first-order valence-electron chi connectivity index (χ1n) is 5.25. The molecule has 1 aromatic rings. The van der Waals surface area contributed by atoms with Crippen LogP contribution in [0.3, 0.4) is 0 Å². The fourth-order valence-corrected chi connectivity index (χ4v) is 1.12. The molecule has 0 bridgehead atoms. The summed E-state index contributed by atoms with van der Waals surface area (Å²) in [5.41, 5.74) is 5.40. The molecule has 0 saturated heterocycles. The van der Waals surface area contributed by atoms with Crippen LogP contribution in [0.15, 0.2) is 12.1 Å². The third-order valence-corrected chi connectivity index (χ3v) is 2.50. The molecule has 1 unspecified atom stereocenters. The number of nitrogens with two attached hydrogens (primary N) is 1. The third kappa shape index (κ3) is 3.27. The highest BCUT2D eigenvalue weighted by atomic mass is 16.5. The molecule has 0 aromatic carbocycles. The molecule has 16 heavy (non-hydrogen) atoms. The van der Waals surface area contributed by atoms with Crippen LogP contribution in [0.1, 0.15) is 20.3 Å². The first-order chi connectivity index (χ1) is 7.48. The van der Waals surface area contributed by atoms with E-state index in [0.717, 1.165) is 0 Å². The molecule has 0 aliphatic heterocycles. The fraction of sp³-hybridized carbons (Fsp3) is 0.545. The van der Waals surface area contributed by atoms with E-state index in [1.54, 1.807) is 19.1 Å². The molecule has 0 radical (unpaired) electrons. The number of nitrogen functional groups attached to an aromatic ring is 1. The topological polar surface area (TPSA) is 80.4 Å². The number of rotatable bonds is 5. The Labute approximate surface area is 95.6 Å². The largest absolute Gasteiger partial charge is 0.479 e. The van der Waals surface area contributed by atoms with Gasteiger partial charge in [0.25, 0.3) is 0 Å². The molecule has 0 saturated carbocycles. The minimum absolute atomic E-state index is 0.390. The first-order valence-corrected chi connectivity index (χ1v) is 5.25. The van der Waals surface area contributed by atoms with Crippen LogP contribution in [0, 0.1) is 0 Å². The van der Waals surface area contributed by atoms with Crippen LogP contribution in [0.4, 0.5) is 11.5 Å². The van der Waals surface area contributed by atoms with Crippen molar-refractivity contribution in [2.75, 3.05) is 24.7 Å². The highest BCUT2D eigenvalue weighted by Crippen LogP contribution is 2.20. The number of nitrogens with one attached hydrogen (secondary N) is 1. The van der Waals surface area contributed by atoms with Gasteiger partial charge in [-0.25, -0.2) is 0 Å². The van der Waals surface area contributed by atoms with Gasteiger partial charge in [-0.2, -0.15) is 4.98 Å². The Morgan fingerprint density at radius 2 is 2.25 bits per heavy atom. The van der Waals surface area contributed by atoms with Crippen molar-refractivity contribution in [2.24, 2.45) is 0 Å². The van der Waals surface area contributed by atoms with Crippen molar-refractivity contribution >= 4 is 11.5 Å². The average Bonchev–Trinajstić information content (AvgIpc) is 2.28. The van der Waals surface area contributed by atoms with E-state index in [1.807, 2.05) is 6.92 Å². The van der Waals surface area contributed by atoms with E-state index in [0.29, 0.717) is 30.4 Å². The minimum atomic E-state index is -0.740. The van der Waals surface area contributed by atoms with Crippen LogP contribution in [0.2, 0.25) is 0 Å². The van der Waals surface area contributed by atoms with Crippen molar-refractivity contribution in [3.8, 4) is 5.88 Å². The lowest BCUT2D eigenvalue weighted by Crippen LogP contribution is -2.32. The number of aliphatic hydroxyl groups is 1. The quantitative estimate of drug-likeness (QED) is 0.702. The highest BCUT2D eigenvalue weighted by molar-refractivity contribution is 5.53. The van der Waals surface area contributed by atoms with Gasteiger partial charge in [-0.15, -0.1) is 0 Å². The van der Waals surface area contributed by atoms with Crippen LogP contribution in [0.25, 0.3) is 0 Å². The summed E-state index contributed by atoms with van der Waals surface area (Å²) >= 11 is 0. The normalized spacial score (nSPS) is 14.2. The summed E-state index contributed by atoms with van der Waals surface area (Å²) in [6, 6.07) is 3.47. The summed E-state index contributed by atoms with van der Waals surface area (Å²) in [6.45, 7) is 4.14. The molecule has 0 aliphatic rings. The Kier molecular flexibility index (Phi) is 3.95. The monoisotopic (exact) mass is 225 g/mol. The molecule has 5 nitrogen and oxygen atoms in total. The number of anilines is 2. The Hall–Kier alpha value is -1.49. The maximum Gasteiger partial charge on any atom is 0.238 e. The second-order valence-corrected chi connectivity index (χ2v) is 4.00. The Morgan fingerprint density at radius 3 is 2.81 bits per heavy atom. The van der Waals surface area contributed by atoms with E-state index in [-0.39, 0.29) is 0 Å². The van der Waals surface area contributed by atoms with Gasteiger partial charge in [-0.3, -0.25) is 0 Å². The van der Waals surface area contributed by atoms with Crippen LogP contribution in [-0.2, 0) is 0 Å². The molecule has 1 heterocycles. The second-order valence-electron chi connectivity index (χ2n) is 4.00. The smallest absolute Gasteiger partial charge is 0.238 e. The second kappa shape index (κ2) is 5.03. The molecule has 0 spiro atoms. The lowest BCUT2D eigenvalue weighted by molar-refractivity contribution is 0.0696. The maximum atomic E-state index is 9.82. The van der Waals surface area contributed by atoms with E-state index < -0.39 is 5.60 Å². The van der Waals surface area contributed by atoms with Gasteiger partial charge in [0.15, 0.2) is 0 Å². The van der Waals surface area contributed by atoms with E-state index in [2.05, 4.69) is 10.3 Å². The van der Waals surface area contributed by atoms with Gasteiger partial charge in [-0.1, -0.05) is 6.92 Å². The molecular weight excluding hydrogens is 206 g/mol. The summed E-state index contributed by atoms with van der Waals surface area (Å²) in [5, 5.41) is 12.9. The summed E-state index contributed by atoms with van der Waals surface area (Å²) in [7, 11) is 1.52. The number of ether oxygens (including phenoxy) is 1. The standard InChI is InChI=1S/C11H19N3O2/c1-4-11(2,15)7-13-9-6-5-8(12)10(14-9)16-3/h5-6,15H,4,7,12H2,1-3H3,(H,13,14).